The third-order valence-corrected chi connectivity index (χ3v) is 2.61. The molecule has 1 saturated heterocycles. The van der Waals surface area contributed by atoms with Crippen molar-refractivity contribution in [2.24, 2.45) is 5.92 Å². The van der Waals surface area contributed by atoms with E-state index < -0.39 is 12.1 Å². The summed E-state index contributed by atoms with van der Waals surface area (Å²) in [5.74, 6) is -1.59. The highest BCUT2D eigenvalue weighted by Crippen LogP contribution is 2.20. The molecule has 15 heavy (non-hydrogen) atoms. The summed E-state index contributed by atoms with van der Waals surface area (Å²) in [4.78, 5) is 13.6. The van der Waals surface area contributed by atoms with E-state index in [-0.39, 0.29) is 12.5 Å². The summed E-state index contributed by atoms with van der Waals surface area (Å²) in [5.41, 5.74) is 0. The number of alkyl halides is 3. The molecule has 0 bridgehead atoms. The SMILES string of the molecule is CN1CCC(CN(C)C(=O)C(F)(F)F)C1. The predicted molar refractivity (Wildman–Crippen MR) is 49.3 cm³/mol. The van der Waals surface area contributed by atoms with Crippen LogP contribution >= 0.6 is 0 Å². The summed E-state index contributed by atoms with van der Waals surface area (Å²) in [6.07, 6.45) is -3.90. The minimum atomic E-state index is -4.75. The Morgan fingerprint density at radius 3 is 2.53 bits per heavy atom. The largest absolute Gasteiger partial charge is 0.471 e. The van der Waals surface area contributed by atoms with Crippen LogP contribution < -0.4 is 0 Å². The highest BCUT2D eigenvalue weighted by atomic mass is 19.4. The number of carbonyl (C=O) groups is 1. The Bertz CT molecular complexity index is 242. The molecule has 0 aliphatic carbocycles. The van der Waals surface area contributed by atoms with Crippen molar-refractivity contribution in [3.63, 3.8) is 0 Å². The Kier molecular flexibility index (Phi) is 3.59. The predicted octanol–water partition coefficient (Wildman–Crippen LogP) is 0.959. The van der Waals surface area contributed by atoms with E-state index in [1.165, 1.54) is 7.05 Å². The van der Waals surface area contributed by atoms with E-state index in [1.54, 1.807) is 0 Å². The van der Waals surface area contributed by atoms with Crippen molar-refractivity contribution in [1.82, 2.24) is 9.80 Å². The van der Waals surface area contributed by atoms with Gasteiger partial charge in [0.05, 0.1) is 0 Å². The van der Waals surface area contributed by atoms with Crippen LogP contribution in [0.5, 0.6) is 0 Å². The van der Waals surface area contributed by atoms with Gasteiger partial charge in [-0.3, -0.25) is 4.79 Å². The zero-order chi connectivity index (χ0) is 11.6. The van der Waals surface area contributed by atoms with Crippen LogP contribution in [0, 0.1) is 5.92 Å². The van der Waals surface area contributed by atoms with Crippen LogP contribution in [0.25, 0.3) is 0 Å². The lowest BCUT2D eigenvalue weighted by molar-refractivity contribution is -0.184. The molecule has 1 rings (SSSR count). The molecule has 1 amide bonds. The van der Waals surface area contributed by atoms with Crippen LogP contribution in [-0.2, 0) is 4.79 Å². The zero-order valence-electron chi connectivity index (χ0n) is 8.84. The van der Waals surface area contributed by atoms with Crippen LogP contribution in [0.15, 0.2) is 0 Å². The highest BCUT2D eigenvalue weighted by Gasteiger charge is 2.41. The van der Waals surface area contributed by atoms with E-state index in [4.69, 9.17) is 0 Å². The number of carbonyl (C=O) groups excluding carboxylic acids is 1. The number of nitrogens with zero attached hydrogens (tertiary/aromatic N) is 2. The summed E-state index contributed by atoms with van der Waals surface area (Å²) in [6, 6.07) is 0. The molecule has 1 heterocycles. The Morgan fingerprint density at radius 2 is 2.13 bits per heavy atom. The lowest BCUT2D eigenvalue weighted by Crippen LogP contribution is -2.41. The molecule has 88 valence electrons. The van der Waals surface area contributed by atoms with Crippen LogP contribution in [0.3, 0.4) is 0 Å². The average molecular weight is 224 g/mol. The van der Waals surface area contributed by atoms with Gasteiger partial charge in [0.15, 0.2) is 0 Å². The first-order chi connectivity index (χ1) is 6.80. The second-order valence-corrected chi connectivity index (χ2v) is 4.10. The van der Waals surface area contributed by atoms with Crippen molar-refractivity contribution in [3.8, 4) is 0 Å². The number of rotatable bonds is 2. The van der Waals surface area contributed by atoms with Crippen LogP contribution in [0.2, 0.25) is 0 Å². The number of hydrogen-bond donors (Lipinski definition) is 0. The van der Waals surface area contributed by atoms with Crippen molar-refractivity contribution in [2.45, 2.75) is 12.6 Å². The van der Waals surface area contributed by atoms with E-state index in [2.05, 4.69) is 4.90 Å². The van der Waals surface area contributed by atoms with Crippen molar-refractivity contribution in [2.75, 3.05) is 33.7 Å². The standard InChI is InChI=1S/C9H15F3N2O/c1-13-4-3-7(5-13)6-14(2)8(15)9(10,11)12/h7H,3-6H2,1-2H3. The first-order valence-electron chi connectivity index (χ1n) is 4.81. The maximum Gasteiger partial charge on any atom is 0.471 e. The van der Waals surface area contributed by atoms with Crippen molar-refractivity contribution in [3.05, 3.63) is 0 Å². The van der Waals surface area contributed by atoms with E-state index >= 15 is 0 Å². The van der Waals surface area contributed by atoms with Crippen molar-refractivity contribution < 1.29 is 18.0 Å². The molecule has 1 unspecified atom stereocenters. The molecular weight excluding hydrogens is 209 g/mol. The van der Waals surface area contributed by atoms with Gasteiger partial charge in [0.2, 0.25) is 0 Å². The van der Waals surface area contributed by atoms with E-state index in [0.717, 1.165) is 24.4 Å². The second-order valence-electron chi connectivity index (χ2n) is 4.10. The van der Waals surface area contributed by atoms with Gasteiger partial charge in [-0.15, -0.1) is 0 Å². The van der Waals surface area contributed by atoms with Gasteiger partial charge >= 0.3 is 12.1 Å². The van der Waals surface area contributed by atoms with Gasteiger partial charge in [-0.25, -0.2) is 0 Å². The van der Waals surface area contributed by atoms with Crippen molar-refractivity contribution in [1.29, 1.82) is 0 Å². The Labute approximate surface area is 86.8 Å². The number of amides is 1. The molecule has 0 aromatic rings. The highest BCUT2D eigenvalue weighted by molar-refractivity contribution is 5.81. The molecule has 1 aliphatic rings. The molecule has 6 heteroatoms. The van der Waals surface area contributed by atoms with Crippen LogP contribution in [-0.4, -0.2) is 55.6 Å². The molecular formula is C9H15F3N2O. The van der Waals surface area contributed by atoms with Gasteiger partial charge in [-0.2, -0.15) is 13.2 Å². The fraction of sp³-hybridized carbons (Fsp3) is 0.889. The van der Waals surface area contributed by atoms with Crippen molar-refractivity contribution >= 4 is 5.91 Å². The second kappa shape index (κ2) is 4.38. The molecule has 1 aliphatic heterocycles. The third-order valence-electron chi connectivity index (χ3n) is 2.61. The molecule has 3 nitrogen and oxygen atoms in total. The first-order valence-corrected chi connectivity index (χ1v) is 4.81. The minimum absolute atomic E-state index is 0.159. The molecule has 1 fully saturated rings. The summed E-state index contributed by atoms with van der Waals surface area (Å²) in [6.45, 7) is 1.83. The fourth-order valence-electron chi connectivity index (χ4n) is 1.86. The van der Waals surface area contributed by atoms with E-state index in [1.807, 2.05) is 7.05 Å². The maximum absolute atomic E-state index is 12.0. The van der Waals surface area contributed by atoms with Gasteiger partial charge < -0.3 is 9.80 Å². The van der Waals surface area contributed by atoms with Crippen LogP contribution in [0.4, 0.5) is 13.2 Å². The van der Waals surface area contributed by atoms with Gasteiger partial charge in [0.1, 0.15) is 0 Å². The smallest absolute Gasteiger partial charge is 0.338 e. The molecule has 1 atom stereocenters. The molecule has 0 saturated carbocycles. The Balaban J connectivity index is 2.42. The number of halogens is 3. The van der Waals surface area contributed by atoms with Gasteiger partial charge in [-0.1, -0.05) is 0 Å². The van der Waals surface area contributed by atoms with E-state index in [9.17, 15) is 18.0 Å². The molecule has 0 aromatic heterocycles. The van der Waals surface area contributed by atoms with Gasteiger partial charge in [0, 0.05) is 20.1 Å². The molecule has 0 spiro atoms. The monoisotopic (exact) mass is 224 g/mol. The van der Waals surface area contributed by atoms with Gasteiger partial charge in [-0.05, 0) is 25.9 Å². The quantitative estimate of drug-likeness (QED) is 0.697. The Morgan fingerprint density at radius 1 is 1.53 bits per heavy atom. The number of likely N-dealkylation sites (tertiary alicyclic amines) is 1. The molecule has 0 N–H and O–H groups in total. The summed E-state index contributed by atoms with van der Waals surface area (Å²) >= 11 is 0. The van der Waals surface area contributed by atoms with E-state index in [0.29, 0.717) is 0 Å². The van der Waals surface area contributed by atoms with Crippen LogP contribution in [0.1, 0.15) is 6.42 Å². The zero-order valence-corrected chi connectivity index (χ0v) is 8.84. The first kappa shape index (κ1) is 12.3. The van der Waals surface area contributed by atoms with Gasteiger partial charge in [0.25, 0.3) is 0 Å². The fourth-order valence-corrected chi connectivity index (χ4v) is 1.86. The maximum atomic E-state index is 12.0. The number of hydrogen-bond acceptors (Lipinski definition) is 2. The molecule has 0 aromatic carbocycles. The average Bonchev–Trinajstić information content (AvgIpc) is 2.48. The summed E-state index contributed by atoms with van der Waals surface area (Å²) in [5, 5.41) is 0. The molecule has 0 radical (unpaired) electrons. The minimum Gasteiger partial charge on any atom is -0.338 e. The lowest BCUT2D eigenvalue weighted by atomic mass is 10.1. The topological polar surface area (TPSA) is 23.6 Å². The lowest BCUT2D eigenvalue weighted by Gasteiger charge is -2.22. The normalized spacial score (nSPS) is 23.1. The third kappa shape index (κ3) is 3.37. The summed E-state index contributed by atoms with van der Waals surface area (Å²) in [7, 11) is 3.12. The Hall–Kier alpha value is -0.780. The summed E-state index contributed by atoms with van der Waals surface area (Å²) < 4.78 is 36.1.